The summed E-state index contributed by atoms with van der Waals surface area (Å²) in [6, 6.07) is 12.4. The molecule has 7 heteroatoms. The predicted octanol–water partition coefficient (Wildman–Crippen LogP) is 5.63. The Hall–Kier alpha value is -1.86. The predicted molar refractivity (Wildman–Crippen MR) is 110 cm³/mol. The van der Waals surface area contributed by atoms with Crippen molar-refractivity contribution in [1.29, 1.82) is 0 Å². The molecule has 1 amide bonds. The van der Waals surface area contributed by atoms with Gasteiger partial charge in [0.15, 0.2) is 0 Å². The summed E-state index contributed by atoms with van der Waals surface area (Å²) in [6.45, 7) is 5.67. The molecule has 0 bridgehead atoms. The number of nitro benzene ring substituents is 1. The minimum atomic E-state index is -0.417. The van der Waals surface area contributed by atoms with Crippen LogP contribution in [0.5, 0.6) is 0 Å². The zero-order valence-corrected chi connectivity index (χ0v) is 17.6. The highest BCUT2D eigenvalue weighted by Gasteiger charge is 2.27. The minimum Gasteiger partial charge on any atom is -0.338 e. The summed E-state index contributed by atoms with van der Waals surface area (Å²) < 4.78 is 0.951. The number of piperidine rings is 1. The SMILES string of the molecule is C[C@H]1C[C@H](C)CN(C(=O)c2ccc(Sc3ccc(Br)cc3)c([N+](=O)[O-])c2)C1. The van der Waals surface area contributed by atoms with Crippen LogP contribution >= 0.6 is 27.7 Å². The second-order valence-electron chi connectivity index (χ2n) is 7.15. The number of amides is 1. The average Bonchev–Trinajstić information content (AvgIpc) is 2.62. The van der Waals surface area contributed by atoms with Crippen molar-refractivity contribution in [1.82, 2.24) is 4.90 Å². The zero-order valence-electron chi connectivity index (χ0n) is 15.2. The Bertz CT molecular complexity index is 847. The van der Waals surface area contributed by atoms with E-state index in [-0.39, 0.29) is 11.6 Å². The second-order valence-corrected chi connectivity index (χ2v) is 9.18. The number of nitro groups is 1. The Balaban J connectivity index is 1.85. The third-order valence-electron chi connectivity index (χ3n) is 4.60. The van der Waals surface area contributed by atoms with Gasteiger partial charge in [-0.2, -0.15) is 0 Å². The lowest BCUT2D eigenvalue weighted by atomic mass is 9.91. The van der Waals surface area contributed by atoms with E-state index < -0.39 is 4.92 Å². The standard InChI is InChI=1S/C20H21BrN2O3S/c1-13-9-14(2)12-22(11-13)20(24)15-3-8-19(18(10-15)23(25)26)27-17-6-4-16(21)5-7-17/h3-8,10,13-14H,9,11-12H2,1-2H3/t13-,14-/m0/s1. The first-order valence-corrected chi connectivity index (χ1v) is 10.5. The average molecular weight is 449 g/mol. The first-order valence-electron chi connectivity index (χ1n) is 8.84. The summed E-state index contributed by atoms with van der Waals surface area (Å²) >= 11 is 4.70. The van der Waals surface area contributed by atoms with Gasteiger partial charge in [-0.15, -0.1) is 0 Å². The topological polar surface area (TPSA) is 63.5 Å². The number of halogens is 1. The third-order valence-corrected chi connectivity index (χ3v) is 6.20. The monoisotopic (exact) mass is 448 g/mol. The van der Waals surface area contributed by atoms with Gasteiger partial charge < -0.3 is 4.90 Å². The molecule has 1 aliphatic rings. The summed E-state index contributed by atoms with van der Waals surface area (Å²) in [6.07, 6.45) is 1.10. The number of rotatable bonds is 4. The number of carbonyl (C=O) groups is 1. The summed E-state index contributed by atoms with van der Waals surface area (Å²) in [4.78, 5) is 27.3. The second kappa shape index (κ2) is 8.44. The number of carbonyl (C=O) groups excluding carboxylic acids is 1. The fraction of sp³-hybridized carbons (Fsp3) is 0.350. The van der Waals surface area contributed by atoms with Crippen molar-refractivity contribution in [3.63, 3.8) is 0 Å². The van der Waals surface area contributed by atoms with Crippen LogP contribution < -0.4 is 0 Å². The quantitative estimate of drug-likeness (QED) is 0.449. The number of likely N-dealkylation sites (tertiary alicyclic amines) is 1. The number of benzene rings is 2. The smallest absolute Gasteiger partial charge is 0.284 e. The van der Waals surface area contributed by atoms with Crippen molar-refractivity contribution >= 4 is 39.3 Å². The molecule has 0 radical (unpaired) electrons. The number of nitrogens with zero attached hydrogens (tertiary/aromatic N) is 2. The number of hydrogen-bond donors (Lipinski definition) is 0. The molecule has 2 aromatic rings. The molecule has 5 nitrogen and oxygen atoms in total. The normalized spacial score (nSPS) is 19.7. The van der Waals surface area contributed by atoms with Crippen LogP contribution in [0, 0.1) is 22.0 Å². The van der Waals surface area contributed by atoms with Crippen molar-refractivity contribution < 1.29 is 9.72 Å². The molecule has 0 N–H and O–H groups in total. The Labute approximate surface area is 171 Å². The molecular weight excluding hydrogens is 428 g/mol. The molecule has 2 aromatic carbocycles. The highest BCUT2D eigenvalue weighted by molar-refractivity contribution is 9.10. The van der Waals surface area contributed by atoms with Crippen LogP contribution in [0.15, 0.2) is 56.7 Å². The van der Waals surface area contributed by atoms with Gasteiger partial charge >= 0.3 is 0 Å². The van der Waals surface area contributed by atoms with E-state index in [1.165, 1.54) is 17.8 Å². The van der Waals surface area contributed by atoms with Gasteiger partial charge in [-0.1, -0.05) is 41.5 Å². The third kappa shape index (κ3) is 4.90. The molecule has 2 atom stereocenters. The van der Waals surface area contributed by atoms with E-state index in [1.807, 2.05) is 29.2 Å². The van der Waals surface area contributed by atoms with Crippen LogP contribution in [0.25, 0.3) is 0 Å². The van der Waals surface area contributed by atoms with Gasteiger partial charge in [0.05, 0.1) is 9.82 Å². The largest absolute Gasteiger partial charge is 0.338 e. The van der Waals surface area contributed by atoms with Crippen molar-refractivity contribution in [2.24, 2.45) is 11.8 Å². The van der Waals surface area contributed by atoms with Crippen molar-refractivity contribution in [3.8, 4) is 0 Å². The summed E-state index contributed by atoms with van der Waals surface area (Å²) in [5.74, 6) is 0.761. The Morgan fingerprint density at radius 2 is 1.78 bits per heavy atom. The molecule has 142 valence electrons. The first kappa shape index (κ1) is 19.9. The number of hydrogen-bond acceptors (Lipinski definition) is 4. The fourth-order valence-corrected chi connectivity index (χ4v) is 4.68. The Kier molecular flexibility index (Phi) is 6.22. The lowest BCUT2D eigenvalue weighted by Gasteiger charge is -2.35. The lowest BCUT2D eigenvalue weighted by Crippen LogP contribution is -2.42. The van der Waals surface area contributed by atoms with Gasteiger partial charge in [-0.25, -0.2) is 0 Å². The van der Waals surface area contributed by atoms with E-state index in [4.69, 9.17) is 0 Å². The Morgan fingerprint density at radius 3 is 2.37 bits per heavy atom. The van der Waals surface area contributed by atoms with E-state index in [0.717, 1.165) is 15.8 Å². The van der Waals surface area contributed by atoms with Crippen LogP contribution in [0.4, 0.5) is 5.69 Å². The summed E-state index contributed by atoms with van der Waals surface area (Å²) in [5, 5.41) is 11.6. The van der Waals surface area contributed by atoms with Gasteiger partial charge in [0.25, 0.3) is 11.6 Å². The molecule has 0 spiro atoms. The maximum absolute atomic E-state index is 12.9. The molecule has 1 aliphatic heterocycles. The van der Waals surface area contributed by atoms with Crippen LogP contribution in [-0.2, 0) is 0 Å². The van der Waals surface area contributed by atoms with E-state index in [9.17, 15) is 14.9 Å². The van der Waals surface area contributed by atoms with Crippen LogP contribution in [0.2, 0.25) is 0 Å². The van der Waals surface area contributed by atoms with Crippen molar-refractivity contribution in [2.75, 3.05) is 13.1 Å². The van der Waals surface area contributed by atoms with E-state index in [2.05, 4.69) is 29.8 Å². The van der Waals surface area contributed by atoms with Crippen LogP contribution in [0.3, 0.4) is 0 Å². The van der Waals surface area contributed by atoms with Crippen LogP contribution in [-0.4, -0.2) is 28.8 Å². The van der Waals surface area contributed by atoms with Gasteiger partial charge in [-0.05, 0) is 54.7 Å². The highest BCUT2D eigenvalue weighted by Crippen LogP contribution is 2.36. The molecule has 1 saturated heterocycles. The van der Waals surface area contributed by atoms with Crippen LogP contribution in [0.1, 0.15) is 30.6 Å². The molecule has 3 rings (SSSR count). The molecule has 0 saturated carbocycles. The molecule has 1 heterocycles. The Morgan fingerprint density at radius 1 is 1.15 bits per heavy atom. The molecule has 0 unspecified atom stereocenters. The molecule has 1 fully saturated rings. The maximum Gasteiger partial charge on any atom is 0.284 e. The highest BCUT2D eigenvalue weighted by atomic mass is 79.9. The fourth-order valence-electron chi connectivity index (χ4n) is 3.52. The lowest BCUT2D eigenvalue weighted by molar-refractivity contribution is -0.387. The van der Waals surface area contributed by atoms with E-state index in [1.54, 1.807) is 12.1 Å². The van der Waals surface area contributed by atoms with Gasteiger partial charge in [0.2, 0.25) is 0 Å². The van der Waals surface area contributed by atoms with Gasteiger partial charge in [0, 0.05) is 34.1 Å². The molecule has 0 aliphatic carbocycles. The molecule has 0 aromatic heterocycles. The molecule has 27 heavy (non-hydrogen) atoms. The molecular formula is C20H21BrN2O3S. The summed E-state index contributed by atoms with van der Waals surface area (Å²) in [5.41, 5.74) is 0.343. The van der Waals surface area contributed by atoms with Gasteiger partial charge in [-0.3, -0.25) is 14.9 Å². The summed E-state index contributed by atoms with van der Waals surface area (Å²) in [7, 11) is 0. The van der Waals surface area contributed by atoms with Crippen molar-refractivity contribution in [3.05, 3.63) is 62.6 Å². The zero-order chi connectivity index (χ0) is 19.6. The van der Waals surface area contributed by atoms with Gasteiger partial charge in [0.1, 0.15) is 0 Å². The maximum atomic E-state index is 12.9. The van der Waals surface area contributed by atoms with E-state index in [0.29, 0.717) is 35.4 Å². The van der Waals surface area contributed by atoms with E-state index >= 15 is 0 Å². The van der Waals surface area contributed by atoms with Crippen molar-refractivity contribution in [2.45, 2.75) is 30.1 Å². The first-order chi connectivity index (χ1) is 12.8. The minimum absolute atomic E-state index is 0.0353.